The smallest absolute Gasteiger partial charge is 0.251 e. The minimum absolute atomic E-state index is 0.00565. The summed E-state index contributed by atoms with van der Waals surface area (Å²) in [5, 5.41) is 5.66. The van der Waals surface area contributed by atoms with Crippen LogP contribution < -0.4 is 10.6 Å². The van der Waals surface area contributed by atoms with Gasteiger partial charge in [0.1, 0.15) is 0 Å². The Kier molecular flexibility index (Phi) is 5.43. The Morgan fingerprint density at radius 3 is 3.15 bits per heavy atom. The van der Waals surface area contributed by atoms with E-state index in [0.717, 1.165) is 22.8 Å². The molecule has 0 fully saturated rings. The molecular formula is C14H18N2O3S. The van der Waals surface area contributed by atoms with Crippen molar-refractivity contribution < 1.29 is 14.3 Å². The molecular weight excluding hydrogens is 276 g/mol. The Balaban J connectivity index is 2.02. The van der Waals surface area contributed by atoms with Crippen molar-refractivity contribution in [3.05, 3.63) is 23.8 Å². The number of benzene rings is 1. The van der Waals surface area contributed by atoms with Crippen LogP contribution in [0.1, 0.15) is 23.2 Å². The van der Waals surface area contributed by atoms with Crippen molar-refractivity contribution in [2.24, 2.45) is 0 Å². The largest absolute Gasteiger partial charge is 0.385 e. The molecule has 0 bridgehead atoms. The van der Waals surface area contributed by atoms with Gasteiger partial charge in [-0.2, -0.15) is 0 Å². The van der Waals surface area contributed by atoms with Gasteiger partial charge < -0.3 is 15.4 Å². The summed E-state index contributed by atoms with van der Waals surface area (Å²) in [6.45, 7) is 1.20. The fourth-order valence-electron chi connectivity index (χ4n) is 1.88. The summed E-state index contributed by atoms with van der Waals surface area (Å²) in [5.74, 6) is 0.628. The highest BCUT2D eigenvalue weighted by atomic mass is 32.2. The average Bonchev–Trinajstić information content (AvgIpc) is 2.63. The molecule has 6 heteroatoms. The molecule has 5 nitrogen and oxygen atoms in total. The van der Waals surface area contributed by atoms with Crippen molar-refractivity contribution in [3.8, 4) is 0 Å². The number of hydrogen-bond acceptors (Lipinski definition) is 4. The van der Waals surface area contributed by atoms with Gasteiger partial charge in [-0.1, -0.05) is 0 Å². The predicted octanol–water partition coefficient (Wildman–Crippen LogP) is 1.89. The lowest BCUT2D eigenvalue weighted by atomic mass is 10.2. The SMILES string of the molecule is COCCCNC(=O)c1ccc2c(c1)NC(=O)CCS2. The molecule has 0 radical (unpaired) electrons. The van der Waals surface area contributed by atoms with E-state index in [1.165, 1.54) is 0 Å². The quantitative estimate of drug-likeness (QED) is 0.814. The second-order valence-corrected chi connectivity index (χ2v) is 5.60. The van der Waals surface area contributed by atoms with Crippen LogP contribution in [0.5, 0.6) is 0 Å². The van der Waals surface area contributed by atoms with Crippen molar-refractivity contribution in [1.29, 1.82) is 0 Å². The van der Waals surface area contributed by atoms with E-state index in [1.807, 2.05) is 6.07 Å². The summed E-state index contributed by atoms with van der Waals surface area (Å²) >= 11 is 1.63. The van der Waals surface area contributed by atoms with Gasteiger partial charge in [0, 0.05) is 42.9 Å². The molecule has 2 rings (SSSR count). The molecule has 0 unspecified atom stereocenters. The Bertz CT molecular complexity index is 505. The van der Waals surface area contributed by atoms with E-state index in [1.54, 1.807) is 31.0 Å². The summed E-state index contributed by atoms with van der Waals surface area (Å²) in [6.07, 6.45) is 1.28. The fourth-order valence-corrected chi connectivity index (χ4v) is 2.82. The van der Waals surface area contributed by atoms with Crippen LogP contribution >= 0.6 is 11.8 Å². The summed E-state index contributed by atoms with van der Waals surface area (Å²) in [7, 11) is 1.63. The summed E-state index contributed by atoms with van der Waals surface area (Å²) < 4.78 is 4.93. The van der Waals surface area contributed by atoms with Crippen LogP contribution in [0.15, 0.2) is 23.1 Å². The van der Waals surface area contributed by atoms with E-state index in [4.69, 9.17) is 4.74 Å². The van der Waals surface area contributed by atoms with Crippen LogP contribution in [0.2, 0.25) is 0 Å². The van der Waals surface area contributed by atoms with Crippen LogP contribution in [0.4, 0.5) is 5.69 Å². The summed E-state index contributed by atoms with van der Waals surface area (Å²) in [6, 6.07) is 5.40. The second-order valence-electron chi connectivity index (χ2n) is 4.46. The zero-order valence-corrected chi connectivity index (χ0v) is 12.2. The average molecular weight is 294 g/mol. The van der Waals surface area contributed by atoms with Gasteiger partial charge in [0.05, 0.1) is 5.69 Å². The van der Waals surface area contributed by atoms with E-state index in [-0.39, 0.29) is 11.8 Å². The summed E-state index contributed by atoms with van der Waals surface area (Å²) in [5.41, 5.74) is 1.28. The van der Waals surface area contributed by atoms with Gasteiger partial charge in [-0.3, -0.25) is 9.59 Å². The molecule has 0 aromatic heterocycles. The molecule has 1 aliphatic heterocycles. The van der Waals surface area contributed by atoms with E-state index in [2.05, 4.69) is 10.6 Å². The first kappa shape index (κ1) is 14.9. The van der Waals surface area contributed by atoms with Crippen molar-refractivity contribution >= 4 is 29.3 Å². The number of anilines is 1. The van der Waals surface area contributed by atoms with Gasteiger partial charge in [-0.05, 0) is 24.6 Å². The van der Waals surface area contributed by atoms with Gasteiger partial charge in [0.2, 0.25) is 5.91 Å². The Hall–Kier alpha value is -1.53. The zero-order chi connectivity index (χ0) is 14.4. The van der Waals surface area contributed by atoms with E-state index in [0.29, 0.717) is 25.1 Å². The van der Waals surface area contributed by atoms with Crippen LogP contribution in [-0.4, -0.2) is 37.8 Å². The summed E-state index contributed by atoms with van der Waals surface area (Å²) in [4.78, 5) is 24.5. The first-order chi connectivity index (χ1) is 9.70. The minimum atomic E-state index is -0.132. The molecule has 0 saturated heterocycles. The molecule has 1 heterocycles. The van der Waals surface area contributed by atoms with Crippen molar-refractivity contribution in [3.63, 3.8) is 0 Å². The number of nitrogens with one attached hydrogen (secondary N) is 2. The van der Waals surface area contributed by atoms with Gasteiger partial charge in [-0.15, -0.1) is 11.8 Å². The number of carbonyl (C=O) groups excluding carboxylic acids is 2. The van der Waals surface area contributed by atoms with Crippen molar-refractivity contribution in [2.45, 2.75) is 17.7 Å². The number of methoxy groups -OCH3 is 1. The van der Waals surface area contributed by atoms with Gasteiger partial charge in [-0.25, -0.2) is 0 Å². The molecule has 2 N–H and O–H groups in total. The van der Waals surface area contributed by atoms with Crippen LogP contribution in [0.3, 0.4) is 0 Å². The lowest BCUT2D eigenvalue weighted by Gasteiger charge is -2.09. The fraction of sp³-hybridized carbons (Fsp3) is 0.429. The third kappa shape index (κ3) is 3.98. The Labute approximate surface area is 122 Å². The molecule has 1 aliphatic rings. The molecule has 20 heavy (non-hydrogen) atoms. The van der Waals surface area contributed by atoms with E-state index < -0.39 is 0 Å². The number of fused-ring (bicyclic) bond motifs is 1. The second kappa shape index (κ2) is 7.31. The molecule has 1 aromatic rings. The standard InChI is InChI=1S/C14H18N2O3S/c1-19-7-2-6-15-14(18)10-3-4-12-11(9-10)16-13(17)5-8-20-12/h3-4,9H,2,5-8H2,1H3,(H,15,18)(H,16,17). The monoisotopic (exact) mass is 294 g/mol. The number of hydrogen-bond donors (Lipinski definition) is 2. The van der Waals surface area contributed by atoms with E-state index in [9.17, 15) is 9.59 Å². The predicted molar refractivity (Wildman–Crippen MR) is 79.2 cm³/mol. The molecule has 1 aromatic carbocycles. The maximum atomic E-state index is 12.0. The third-order valence-electron chi connectivity index (χ3n) is 2.91. The molecule has 2 amide bonds. The Morgan fingerprint density at radius 2 is 2.35 bits per heavy atom. The Morgan fingerprint density at radius 1 is 1.50 bits per heavy atom. The number of thioether (sulfide) groups is 1. The third-order valence-corrected chi connectivity index (χ3v) is 3.99. The minimum Gasteiger partial charge on any atom is -0.385 e. The highest BCUT2D eigenvalue weighted by Gasteiger charge is 2.15. The van der Waals surface area contributed by atoms with Crippen molar-refractivity contribution in [1.82, 2.24) is 5.32 Å². The highest BCUT2D eigenvalue weighted by molar-refractivity contribution is 7.99. The zero-order valence-electron chi connectivity index (χ0n) is 11.4. The maximum Gasteiger partial charge on any atom is 0.251 e. The van der Waals surface area contributed by atoms with Gasteiger partial charge in [0.25, 0.3) is 5.91 Å². The normalized spacial score (nSPS) is 14.2. The molecule has 0 saturated carbocycles. The molecule has 0 spiro atoms. The van der Waals surface area contributed by atoms with Gasteiger partial charge in [0.15, 0.2) is 0 Å². The number of carbonyl (C=O) groups is 2. The van der Waals surface area contributed by atoms with Gasteiger partial charge >= 0.3 is 0 Å². The lowest BCUT2D eigenvalue weighted by Crippen LogP contribution is -2.25. The maximum absolute atomic E-state index is 12.0. The van der Waals surface area contributed by atoms with Crippen LogP contribution in [0, 0.1) is 0 Å². The first-order valence-electron chi connectivity index (χ1n) is 6.54. The number of rotatable bonds is 5. The lowest BCUT2D eigenvalue weighted by molar-refractivity contribution is -0.115. The number of ether oxygens (including phenoxy) is 1. The molecule has 108 valence electrons. The van der Waals surface area contributed by atoms with E-state index >= 15 is 0 Å². The first-order valence-corrected chi connectivity index (χ1v) is 7.53. The topological polar surface area (TPSA) is 67.4 Å². The number of amides is 2. The molecule has 0 aliphatic carbocycles. The van der Waals surface area contributed by atoms with Crippen molar-refractivity contribution in [2.75, 3.05) is 31.3 Å². The van der Waals surface area contributed by atoms with Crippen LogP contribution in [0.25, 0.3) is 0 Å². The highest BCUT2D eigenvalue weighted by Crippen LogP contribution is 2.31. The van der Waals surface area contributed by atoms with Crippen LogP contribution in [-0.2, 0) is 9.53 Å². The molecule has 0 atom stereocenters.